The molecule has 2 aromatic rings. The molecule has 0 bridgehead atoms. The van der Waals surface area contributed by atoms with Gasteiger partial charge in [0.1, 0.15) is 4.70 Å². The SMILES string of the molecule is CCCCCSc1nc2nc(NCCN(C)C)sc2c(=O)[nH]1. The fourth-order valence-corrected chi connectivity index (χ4v) is 3.55. The third kappa shape index (κ3) is 4.96. The molecule has 2 N–H and O–H groups in total. The summed E-state index contributed by atoms with van der Waals surface area (Å²) in [5.41, 5.74) is 0.445. The molecule has 122 valence electrons. The minimum absolute atomic E-state index is 0.0962. The van der Waals surface area contributed by atoms with Crippen molar-refractivity contribution in [2.24, 2.45) is 0 Å². The Kier molecular flexibility index (Phi) is 6.66. The van der Waals surface area contributed by atoms with Gasteiger partial charge in [-0.15, -0.1) is 0 Å². The van der Waals surface area contributed by atoms with Crippen LogP contribution in [-0.4, -0.2) is 52.8 Å². The van der Waals surface area contributed by atoms with Gasteiger partial charge >= 0.3 is 0 Å². The second kappa shape index (κ2) is 8.50. The van der Waals surface area contributed by atoms with E-state index < -0.39 is 0 Å². The van der Waals surface area contributed by atoms with Crippen molar-refractivity contribution in [3.8, 4) is 0 Å². The van der Waals surface area contributed by atoms with E-state index in [4.69, 9.17) is 0 Å². The van der Waals surface area contributed by atoms with E-state index in [-0.39, 0.29) is 5.56 Å². The van der Waals surface area contributed by atoms with Crippen molar-refractivity contribution in [3.05, 3.63) is 10.4 Å². The summed E-state index contributed by atoms with van der Waals surface area (Å²) in [7, 11) is 4.04. The summed E-state index contributed by atoms with van der Waals surface area (Å²) in [6.07, 6.45) is 3.53. The molecule has 0 unspecified atom stereocenters. The minimum atomic E-state index is -0.0962. The van der Waals surface area contributed by atoms with Gasteiger partial charge < -0.3 is 15.2 Å². The van der Waals surface area contributed by atoms with Crippen molar-refractivity contribution in [3.63, 3.8) is 0 Å². The maximum Gasteiger partial charge on any atom is 0.271 e. The monoisotopic (exact) mass is 341 g/mol. The molecule has 0 aromatic carbocycles. The Hall–Kier alpha value is -1.12. The van der Waals surface area contributed by atoms with Gasteiger partial charge in [-0.1, -0.05) is 42.9 Å². The third-order valence-corrected chi connectivity index (χ3v) is 5.03. The molecule has 0 aliphatic heterocycles. The predicted molar refractivity (Wildman–Crippen MR) is 95.3 cm³/mol. The number of nitrogens with one attached hydrogen (secondary N) is 2. The van der Waals surface area contributed by atoms with Crippen LogP contribution in [0.1, 0.15) is 26.2 Å². The van der Waals surface area contributed by atoms with Crippen molar-refractivity contribution in [2.75, 3.05) is 38.3 Å². The molecule has 0 atom stereocenters. The highest BCUT2D eigenvalue weighted by Gasteiger charge is 2.10. The van der Waals surface area contributed by atoms with Crippen LogP contribution in [0, 0.1) is 0 Å². The highest BCUT2D eigenvalue weighted by Crippen LogP contribution is 2.23. The number of fused-ring (bicyclic) bond motifs is 1. The predicted octanol–water partition coefficient (Wildman–Crippen LogP) is 2.64. The van der Waals surface area contributed by atoms with E-state index in [1.165, 1.54) is 24.2 Å². The van der Waals surface area contributed by atoms with Gasteiger partial charge in [-0.25, -0.2) is 4.98 Å². The van der Waals surface area contributed by atoms with Gasteiger partial charge in [0.15, 0.2) is 15.9 Å². The third-order valence-electron chi connectivity index (χ3n) is 3.07. The number of hydrogen-bond donors (Lipinski definition) is 2. The summed E-state index contributed by atoms with van der Waals surface area (Å²) < 4.78 is 0.588. The number of hydrogen-bond acceptors (Lipinski definition) is 7. The normalized spacial score (nSPS) is 11.5. The first-order valence-corrected chi connectivity index (χ1v) is 9.32. The molecule has 2 aromatic heterocycles. The first kappa shape index (κ1) is 17.2. The van der Waals surface area contributed by atoms with Crippen LogP contribution in [0.4, 0.5) is 5.13 Å². The fraction of sp³-hybridized carbons (Fsp3) is 0.643. The number of aromatic nitrogens is 3. The minimum Gasteiger partial charge on any atom is -0.360 e. The van der Waals surface area contributed by atoms with Gasteiger partial charge in [-0.05, 0) is 20.5 Å². The lowest BCUT2D eigenvalue weighted by Gasteiger charge is -2.08. The van der Waals surface area contributed by atoms with E-state index in [1.807, 2.05) is 14.1 Å². The highest BCUT2D eigenvalue weighted by molar-refractivity contribution is 7.99. The molecule has 0 saturated carbocycles. The second-order valence-electron chi connectivity index (χ2n) is 5.33. The van der Waals surface area contributed by atoms with Crippen LogP contribution in [0.15, 0.2) is 9.95 Å². The Balaban J connectivity index is 2.04. The average molecular weight is 342 g/mol. The molecule has 0 aliphatic carbocycles. The molecule has 2 heterocycles. The van der Waals surface area contributed by atoms with Crippen molar-refractivity contribution in [1.29, 1.82) is 0 Å². The maximum absolute atomic E-state index is 12.1. The molecule has 6 nitrogen and oxygen atoms in total. The van der Waals surface area contributed by atoms with Crippen LogP contribution < -0.4 is 10.9 Å². The first-order chi connectivity index (χ1) is 10.6. The Bertz CT molecular complexity index is 652. The number of rotatable bonds is 9. The van der Waals surface area contributed by atoms with Gasteiger partial charge in [0.2, 0.25) is 0 Å². The van der Waals surface area contributed by atoms with Crippen molar-refractivity contribution < 1.29 is 0 Å². The lowest BCUT2D eigenvalue weighted by atomic mass is 10.3. The lowest BCUT2D eigenvalue weighted by molar-refractivity contribution is 0.425. The second-order valence-corrected chi connectivity index (χ2v) is 7.41. The highest BCUT2D eigenvalue weighted by atomic mass is 32.2. The van der Waals surface area contributed by atoms with Crippen LogP contribution in [-0.2, 0) is 0 Å². The van der Waals surface area contributed by atoms with E-state index >= 15 is 0 Å². The molecule has 8 heteroatoms. The number of H-pyrrole nitrogens is 1. The quantitative estimate of drug-likeness (QED) is 0.415. The first-order valence-electron chi connectivity index (χ1n) is 7.52. The Morgan fingerprint density at radius 2 is 2.14 bits per heavy atom. The van der Waals surface area contributed by atoms with Crippen LogP contribution in [0.2, 0.25) is 0 Å². The van der Waals surface area contributed by atoms with Gasteiger partial charge in [-0.2, -0.15) is 4.98 Å². The van der Waals surface area contributed by atoms with E-state index in [9.17, 15) is 4.79 Å². The van der Waals surface area contributed by atoms with E-state index in [1.54, 1.807) is 11.8 Å². The molecule has 0 spiro atoms. The number of anilines is 1. The molecule has 0 saturated heterocycles. The number of aromatic amines is 1. The Morgan fingerprint density at radius 3 is 2.86 bits per heavy atom. The van der Waals surface area contributed by atoms with Crippen LogP contribution in [0.25, 0.3) is 10.3 Å². The van der Waals surface area contributed by atoms with E-state index in [2.05, 4.69) is 32.1 Å². The summed E-state index contributed by atoms with van der Waals surface area (Å²) >= 11 is 2.95. The summed E-state index contributed by atoms with van der Waals surface area (Å²) in [6, 6.07) is 0. The molecule has 2 rings (SSSR count). The number of unbranched alkanes of at least 4 members (excludes halogenated alkanes) is 2. The number of nitrogens with zero attached hydrogens (tertiary/aromatic N) is 3. The number of thioether (sulfide) groups is 1. The molecule has 22 heavy (non-hydrogen) atoms. The Labute approximate surface area is 138 Å². The standard InChI is InChI=1S/C14H23N5OS2/c1-4-5-6-9-21-14-17-11-10(12(20)18-14)22-13(16-11)15-7-8-19(2)3/h4-9H2,1-3H3,(H2,15,16,17,18,20). The molecule has 0 fully saturated rings. The van der Waals surface area contributed by atoms with Gasteiger partial charge in [-0.3, -0.25) is 4.79 Å². The zero-order valence-electron chi connectivity index (χ0n) is 13.3. The van der Waals surface area contributed by atoms with Gasteiger partial charge in [0.05, 0.1) is 0 Å². The van der Waals surface area contributed by atoms with Crippen molar-refractivity contribution in [1.82, 2.24) is 19.9 Å². The lowest BCUT2D eigenvalue weighted by Crippen LogP contribution is -2.20. The van der Waals surface area contributed by atoms with E-state index in [0.29, 0.717) is 15.5 Å². The molecular weight excluding hydrogens is 318 g/mol. The summed E-state index contributed by atoms with van der Waals surface area (Å²) in [5, 5.41) is 4.66. The maximum atomic E-state index is 12.1. The molecule has 0 radical (unpaired) electrons. The summed E-state index contributed by atoms with van der Waals surface area (Å²) in [6.45, 7) is 3.89. The summed E-state index contributed by atoms with van der Waals surface area (Å²) in [5.74, 6) is 0.973. The smallest absolute Gasteiger partial charge is 0.271 e. The molecule has 0 aliphatic rings. The van der Waals surface area contributed by atoms with Crippen LogP contribution >= 0.6 is 23.1 Å². The Morgan fingerprint density at radius 1 is 1.32 bits per heavy atom. The average Bonchev–Trinajstić information content (AvgIpc) is 2.87. The number of thiazole rings is 1. The largest absolute Gasteiger partial charge is 0.360 e. The molecule has 0 amide bonds. The number of likely N-dealkylation sites (N-methyl/N-ethyl adjacent to an activating group) is 1. The fourth-order valence-electron chi connectivity index (χ4n) is 1.87. The van der Waals surface area contributed by atoms with Crippen molar-refractivity contribution in [2.45, 2.75) is 31.3 Å². The summed E-state index contributed by atoms with van der Waals surface area (Å²) in [4.78, 5) is 25.9. The molecular formula is C14H23N5OS2. The van der Waals surface area contributed by atoms with E-state index in [0.717, 1.165) is 30.4 Å². The zero-order valence-corrected chi connectivity index (χ0v) is 14.9. The van der Waals surface area contributed by atoms with Crippen LogP contribution in [0.3, 0.4) is 0 Å². The van der Waals surface area contributed by atoms with Crippen LogP contribution in [0.5, 0.6) is 0 Å². The topological polar surface area (TPSA) is 73.9 Å². The van der Waals surface area contributed by atoms with Crippen molar-refractivity contribution >= 4 is 38.6 Å². The van der Waals surface area contributed by atoms with Gasteiger partial charge in [0.25, 0.3) is 5.56 Å². The van der Waals surface area contributed by atoms with Gasteiger partial charge in [0, 0.05) is 18.8 Å². The zero-order chi connectivity index (χ0) is 15.9.